The maximum absolute atomic E-state index is 5.80. The average Bonchev–Trinajstić information content (AvgIpc) is 2.80. The van der Waals surface area contributed by atoms with Crippen molar-refractivity contribution in [3.05, 3.63) is 16.1 Å². The summed E-state index contributed by atoms with van der Waals surface area (Å²) in [4.78, 5) is 8.75. The Labute approximate surface area is 120 Å². The number of unbranched alkanes of at least 4 members (excludes halogenated alkanes) is 3. The Bertz CT molecular complexity index is 373. The third-order valence-electron chi connectivity index (χ3n) is 2.83. The molecule has 4 nitrogen and oxygen atoms in total. The molecule has 0 aliphatic rings. The molecular formula is C14H26N4S. The van der Waals surface area contributed by atoms with Crippen LogP contribution < -0.4 is 11.1 Å². The van der Waals surface area contributed by atoms with Gasteiger partial charge in [0.05, 0.1) is 5.01 Å². The molecule has 0 atom stereocenters. The fourth-order valence-electron chi connectivity index (χ4n) is 1.77. The molecule has 0 amide bonds. The lowest BCUT2D eigenvalue weighted by molar-refractivity contribution is 0.652. The number of rotatable bonds is 9. The number of nitrogens with zero attached hydrogens (tertiary/aromatic N) is 2. The Morgan fingerprint density at radius 1 is 1.37 bits per heavy atom. The summed E-state index contributed by atoms with van der Waals surface area (Å²) in [6.07, 6.45) is 6.99. The first-order valence-corrected chi connectivity index (χ1v) is 8.05. The number of aromatic nitrogens is 1. The van der Waals surface area contributed by atoms with Gasteiger partial charge in [-0.1, -0.05) is 26.2 Å². The molecule has 0 aliphatic heterocycles. The largest absolute Gasteiger partial charge is 0.370 e. The van der Waals surface area contributed by atoms with E-state index in [4.69, 9.17) is 5.73 Å². The molecule has 1 aromatic rings. The van der Waals surface area contributed by atoms with E-state index in [0.29, 0.717) is 5.96 Å². The van der Waals surface area contributed by atoms with Crippen molar-refractivity contribution >= 4 is 17.3 Å². The van der Waals surface area contributed by atoms with Crippen LogP contribution in [0.25, 0.3) is 0 Å². The van der Waals surface area contributed by atoms with Crippen LogP contribution in [0.4, 0.5) is 0 Å². The molecule has 0 radical (unpaired) electrons. The van der Waals surface area contributed by atoms with E-state index in [1.807, 2.05) is 6.92 Å². The van der Waals surface area contributed by atoms with Crippen LogP contribution >= 0.6 is 11.3 Å². The first-order valence-electron chi connectivity index (χ1n) is 7.17. The molecule has 1 rings (SSSR count). The van der Waals surface area contributed by atoms with Crippen LogP contribution in [0.5, 0.6) is 0 Å². The summed E-state index contributed by atoms with van der Waals surface area (Å²) < 4.78 is 0. The van der Waals surface area contributed by atoms with Crippen molar-refractivity contribution in [1.82, 2.24) is 10.3 Å². The predicted molar refractivity (Wildman–Crippen MR) is 83.8 cm³/mol. The lowest BCUT2D eigenvalue weighted by Crippen LogP contribution is -2.32. The van der Waals surface area contributed by atoms with Crippen molar-refractivity contribution in [2.45, 2.75) is 52.4 Å². The van der Waals surface area contributed by atoms with Gasteiger partial charge in [0.15, 0.2) is 5.96 Å². The van der Waals surface area contributed by atoms with Crippen LogP contribution in [0.3, 0.4) is 0 Å². The van der Waals surface area contributed by atoms with Crippen LogP contribution in [0.15, 0.2) is 10.4 Å². The summed E-state index contributed by atoms with van der Waals surface area (Å²) in [6, 6.07) is 0. The zero-order valence-corrected chi connectivity index (χ0v) is 12.9. The molecule has 0 saturated heterocycles. The lowest BCUT2D eigenvalue weighted by atomic mass is 10.2. The molecule has 19 heavy (non-hydrogen) atoms. The molecule has 5 heteroatoms. The Morgan fingerprint density at radius 3 is 2.89 bits per heavy atom. The number of hydrogen-bond acceptors (Lipinski definition) is 3. The molecule has 0 aliphatic carbocycles. The van der Waals surface area contributed by atoms with Crippen LogP contribution in [0.1, 0.15) is 49.7 Å². The topological polar surface area (TPSA) is 63.3 Å². The Morgan fingerprint density at radius 2 is 2.21 bits per heavy atom. The highest BCUT2D eigenvalue weighted by Crippen LogP contribution is 2.10. The minimum absolute atomic E-state index is 0.576. The summed E-state index contributed by atoms with van der Waals surface area (Å²) in [5.74, 6) is 0.576. The molecule has 108 valence electrons. The maximum atomic E-state index is 5.80. The highest BCUT2D eigenvalue weighted by Gasteiger charge is 1.98. The van der Waals surface area contributed by atoms with E-state index in [-0.39, 0.29) is 0 Å². The number of aryl methyl sites for hydroxylation is 2. The van der Waals surface area contributed by atoms with Gasteiger partial charge in [0.25, 0.3) is 0 Å². The fraction of sp³-hybridized carbons (Fsp3) is 0.714. The number of nitrogens with two attached hydrogens (primary N) is 1. The van der Waals surface area contributed by atoms with Crippen LogP contribution in [-0.4, -0.2) is 24.0 Å². The second kappa shape index (κ2) is 9.78. The highest BCUT2D eigenvalue weighted by atomic mass is 32.1. The normalized spacial score (nSPS) is 11.8. The Kier molecular flexibility index (Phi) is 8.21. The SMILES string of the molecule is CCCCCCNC(N)=NCCCc1nc(C)cs1. The molecule has 1 aromatic heterocycles. The van der Waals surface area contributed by atoms with Gasteiger partial charge in [-0.3, -0.25) is 4.99 Å². The van der Waals surface area contributed by atoms with Gasteiger partial charge in [0.2, 0.25) is 0 Å². The summed E-state index contributed by atoms with van der Waals surface area (Å²) in [5, 5.41) is 6.44. The van der Waals surface area contributed by atoms with Gasteiger partial charge in [-0.25, -0.2) is 4.98 Å². The van der Waals surface area contributed by atoms with E-state index in [9.17, 15) is 0 Å². The lowest BCUT2D eigenvalue weighted by Gasteiger charge is -2.04. The van der Waals surface area contributed by atoms with Crippen molar-refractivity contribution in [2.75, 3.05) is 13.1 Å². The highest BCUT2D eigenvalue weighted by molar-refractivity contribution is 7.09. The number of thiazole rings is 1. The Balaban J connectivity index is 2.04. The molecule has 0 spiro atoms. The van der Waals surface area contributed by atoms with E-state index < -0.39 is 0 Å². The van der Waals surface area contributed by atoms with Crippen molar-refractivity contribution in [3.8, 4) is 0 Å². The second-order valence-corrected chi connectivity index (χ2v) is 5.68. The summed E-state index contributed by atoms with van der Waals surface area (Å²) in [5.41, 5.74) is 6.91. The molecule has 1 heterocycles. The standard InChI is InChI=1S/C14H26N4S/c1-3-4-5-6-9-16-14(15)17-10-7-8-13-18-12(2)11-19-13/h11H,3-10H2,1-2H3,(H3,15,16,17). The molecule has 0 bridgehead atoms. The van der Waals surface area contributed by atoms with E-state index in [2.05, 4.69) is 27.6 Å². The fourth-order valence-corrected chi connectivity index (χ4v) is 2.59. The quantitative estimate of drug-likeness (QED) is 0.416. The van der Waals surface area contributed by atoms with Crippen LogP contribution in [-0.2, 0) is 6.42 Å². The Hall–Kier alpha value is -1.10. The van der Waals surface area contributed by atoms with Gasteiger partial charge < -0.3 is 11.1 Å². The van der Waals surface area contributed by atoms with E-state index >= 15 is 0 Å². The number of guanidine groups is 1. The van der Waals surface area contributed by atoms with Crippen molar-refractivity contribution in [1.29, 1.82) is 0 Å². The van der Waals surface area contributed by atoms with Crippen LogP contribution in [0.2, 0.25) is 0 Å². The number of hydrogen-bond donors (Lipinski definition) is 2. The minimum atomic E-state index is 0.576. The van der Waals surface area contributed by atoms with Gasteiger partial charge in [0, 0.05) is 30.6 Å². The molecule has 0 unspecified atom stereocenters. The number of nitrogens with one attached hydrogen (secondary N) is 1. The zero-order chi connectivity index (χ0) is 13.9. The van der Waals surface area contributed by atoms with Crippen molar-refractivity contribution in [2.24, 2.45) is 10.7 Å². The third kappa shape index (κ3) is 7.82. The minimum Gasteiger partial charge on any atom is -0.370 e. The first kappa shape index (κ1) is 16.0. The maximum Gasteiger partial charge on any atom is 0.188 e. The van der Waals surface area contributed by atoms with Gasteiger partial charge >= 0.3 is 0 Å². The zero-order valence-electron chi connectivity index (χ0n) is 12.1. The van der Waals surface area contributed by atoms with E-state index in [1.54, 1.807) is 11.3 Å². The number of aliphatic imine (C=N–C) groups is 1. The molecule has 0 saturated carbocycles. The molecular weight excluding hydrogens is 256 g/mol. The third-order valence-corrected chi connectivity index (χ3v) is 3.86. The van der Waals surface area contributed by atoms with E-state index in [1.165, 1.54) is 30.7 Å². The average molecular weight is 282 g/mol. The summed E-state index contributed by atoms with van der Waals surface area (Å²) in [6.45, 7) is 5.94. The molecule has 0 fully saturated rings. The second-order valence-electron chi connectivity index (χ2n) is 4.74. The first-order chi connectivity index (χ1) is 9.22. The van der Waals surface area contributed by atoms with Gasteiger partial charge in [-0.2, -0.15) is 0 Å². The molecule has 3 N–H and O–H groups in total. The van der Waals surface area contributed by atoms with Gasteiger partial charge in [0.1, 0.15) is 0 Å². The van der Waals surface area contributed by atoms with E-state index in [0.717, 1.165) is 31.6 Å². The molecule has 0 aromatic carbocycles. The van der Waals surface area contributed by atoms with Gasteiger partial charge in [-0.15, -0.1) is 11.3 Å². The van der Waals surface area contributed by atoms with Crippen molar-refractivity contribution < 1.29 is 0 Å². The summed E-state index contributed by atoms with van der Waals surface area (Å²) >= 11 is 1.72. The van der Waals surface area contributed by atoms with Gasteiger partial charge in [-0.05, 0) is 19.8 Å². The van der Waals surface area contributed by atoms with Crippen LogP contribution in [0, 0.1) is 6.92 Å². The summed E-state index contributed by atoms with van der Waals surface area (Å²) in [7, 11) is 0. The predicted octanol–water partition coefficient (Wildman–Crippen LogP) is 2.87. The van der Waals surface area contributed by atoms with Crippen molar-refractivity contribution in [3.63, 3.8) is 0 Å². The smallest absolute Gasteiger partial charge is 0.188 e. The monoisotopic (exact) mass is 282 g/mol.